The highest BCUT2D eigenvalue weighted by atomic mass is 32.1. The molecule has 1 aromatic carbocycles. The van der Waals surface area contributed by atoms with Crippen molar-refractivity contribution in [2.45, 2.75) is 32.2 Å². The highest BCUT2D eigenvalue weighted by Gasteiger charge is 2.43. The van der Waals surface area contributed by atoms with E-state index >= 15 is 0 Å². The van der Waals surface area contributed by atoms with E-state index in [-0.39, 0.29) is 5.91 Å². The maximum absolute atomic E-state index is 12.7. The number of thiophene rings is 1. The van der Waals surface area contributed by atoms with E-state index in [4.69, 9.17) is 4.74 Å². The number of amides is 1. The summed E-state index contributed by atoms with van der Waals surface area (Å²) >= 11 is 1.87. The van der Waals surface area contributed by atoms with Gasteiger partial charge in [0.05, 0.1) is 18.8 Å². The predicted molar refractivity (Wildman–Crippen MR) is 100 cm³/mol. The third-order valence-corrected chi connectivity index (χ3v) is 6.17. The van der Waals surface area contributed by atoms with E-state index in [1.165, 1.54) is 28.2 Å². The van der Waals surface area contributed by atoms with Crippen LogP contribution in [0.2, 0.25) is 0 Å². The van der Waals surface area contributed by atoms with Gasteiger partial charge in [-0.1, -0.05) is 12.1 Å². The standard InChI is InChI=1S/C20H24N2O2S/c1-2-24-17-6-4-3-5-16(17)21-19(23)13-22-11-9-18-15(10-12-25-18)20(22)14-7-8-14/h3-6,10,12,14,20H,2,7-9,11,13H2,1H3,(H,21,23)/p+1/t20-/m0/s1. The Morgan fingerprint density at radius 3 is 2.96 bits per heavy atom. The number of carbonyl (C=O) groups excluding carboxylic acids is 1. The van der Waals surface area contributed by atoms with Crippen molar-refractivity contribution < 1.29 is 14.4 Å². The van der Waals surface area contributed by atoms with Crippen molar-refractivity contribution in [3.63, 3.8) is 0 Å². The van der Waals surface area contributed by atoms with Crippen molar-refractivity contribution in [2.24, 2.45) is 5.92 Å². The molecule has 0 saturated heterocycles. The van der Waals surface area contributed by atoms with E-state index in [0.29, 0.717) is 19.2 Å². The third kappa shape index (κ3) is 3.58. The Morgan fingerprint density at radius 1 is 1.32 bits per heavy atom. The zero-order valence-electron chi connectivity index (χ0n) is 14.6. The van der Waals surface area contributed by atoms with Crippen molar-refractivity contribution in [1.29, 1.82) is 0 Å². The second-order valence-corrected chi connectivity index (χ2v) is 7.93. The molecule has 1 saturated carbocycles. The number of fused-ring (bicyclic) bond motifs is 1. The van der Waals surface area contributed by atoms with E-state index in [2.05, 4.69) is 16.8 Å². The summed E-state index contributed by atoms with van der Waals surface area (Å²) in [7, 11) is 0. The predicted octanol–water partition coefficient (Wildman–Crippen LogP) is 2.68. The van der Waals surface area contributed by atoms with Crippen molar-refractivity contribution in [3.8, 4) is 5.75 Å². The lowest BCUT2D eigenvalue weighted by Crippen LogP contribution is -3.14. The van der Waals surface area contributed by atoms with E-state index in [1.807, 2.05) is 42.5 Å². The number of quaternary nitrogens is 1. The van der Waals surface area contributed by atoms with Gasteiger partial charge in [0.15, 0.2) is 6.54 Å². The topological polar surface area (TPSA) is 42.8 Å². The first-order valence-corrected chi connectivity index (χ1v) is 10.1. The number of hydrogen-bond acceptors (Lipinski definition) is 3. The molecule has 5 heteroatoms. The van der Waals surface area contributed by atoms with Crippen LogP contribution in [0.5, 0.6) is 5.75 Å². The molecule has 0 radical (unpaired) electrons. The lowest BCUT2D eigenvalue weighted by Gasteiger charge is -2.32. The first kappa shape index (κ1) is 16.6. The summed E-state index contributed by atoms with van der Waals surface area (Å²) in [5.74, 6) is 1.57. The Bertz CT molecular complexity index is 754. The fourth-order valence-electron chi connectivity index (χ4n) is 3.95. The van der Waals surface area contributed by atoms with Gasteiger partial charge in [-0.15, -0.1) is 11.3 Å². The van der Waals surface area contributed by atoms with Crippen LogP contribution >= 0.6 is 11.3 Å². The summed E-state index contributed by atoms with van der Waals surface area (Å²) in [5.41, 5.74) is 2.27. The minimum absolute atomic E-state index is 0.0754. The molecule has 1 aliphatic carbocycles. The minimum atomic E-state index is 0.0754. The highest BCUT2D eigenvalue weighted by molar-refractivity contribution is 7.10. The summed E-state index contributed by atoms with van der Waals surface area (Å²) < 4.78 is 5.61. The minimum Gasteiger partial charge on any atom is -0.492 e. The number of ether oxygens (including phenoxy) is 1. The second-order valence-electron chi connectivity index (χ2n) is 6.93. The van der Waals surface area contributed by atoms with Gasteiger partial charge in [0.25, 0.3) is 5.91 Å². The molecule has 2 aromatic rings. The van der Waals surface area contributed by atoms with E-state index < -0.39 is 0 Å². The normalized spacial score (nSPS) is 22.3. The summed E-state index contributed by atoms with van der Waals surface area (Å²) in [6.45, 7) is 4.12. The van der Waals surface area contributed by atoms with Crippen LogP contribution in [0, 0.1) is 5.92 Å². The number of anilines is 1. The maximum Gasteiger partial charge on any atom is 0.279 e. The largest absolute Gasteiger partial charge is 0.492 e. The summed E-state index contributed by atoms with van der Waals surface area (Å²) in [4.78, 5) is 15.6. The average molecular weight is 357 g/mol. The summed E-state index contributed by atoms with van der Waals surface area (Å²) in [6, 6.07) is 10.4. The Morgan fingerprint density at radius 2 is 2.16 bits per heavy atom. The molecule has 1 amide bonds. The van der Waals surface area contributed by atoms with Gasteiger partial charge in [-0.3, -0.25) is 4.79 Å². The van der Waals surface area contributed by atoms with Gasteiger partial charge in [0, 0.05) is 22.8 Å². The molecule has 0 bridgehead atoms. The molecule has 2 N–H and O–H groups in total. The second kappa shape index (κ2) is 7.18. The van der Waals surface area contributed by atoms with Crippen LogP contribution in [0.3, 0.4) is 0 Å². The Hall–Kier alpha value is -1.85. The van der Waals surface area contributed by atoms with Gasteiger partial charge < -0.3 is 15.0 Å². The van der Waals surface area contributed by atoms with Crippen LogP contribution in [0.25, 0.3) is 0 Å². The van der Waals surface area contributed by atoms with Crippen molar-refractivity contribution in [3.05, 3.63) is 46.2 Å². The molecule has 25 heavy (non-hydrogen) atoms. The van der Waals surface area contributed by atoms with Crippen LogP contribution in [-0.4, -0.2) is 25.6 Å². The smallest absolute Gasteiger partial charge is 0.279 e. The number of hydrogen-bond donors (Lipinski definition) is 2. The van der Waals surface area contributed by atoms with Crippen molar-refractivity contribution >= 4 is 22.9 Å². The van der Waals surface area contributed by atoms with Gasteiger partial charge in [-0.05, 0) is 43.3 Å². The van der Waals surface area contributed by atoms with Gasteiger partial charge >= 0.3 is 0 Å². The molecule has 1 unspecified atom stereocenters. The van der Waals surface area contributed by atoms with E-state index in [0.717, 1.165) is 30.3 Å². The number of carbonyl (C=O) groups is 1. The molecular weight excluding hydrogens is 332 g/mol. The number of nitrogens with one attached hydrogen (secondary N) is 2. The number of para-hydroxylation sites is 2. The van der Waals surface area contributed by atoms with Crippen LogP contribution in [-0.2, 0) is 11.2 Å². The molecule has 2 atom stereocenters. The molecular formula is C20H25N2O2S+. The summed E-state index contributed by atoms with van der Waals surface area (Å²) in [5, 5.41) is 5.27. The fraction of sp³-hybridized carbons (Fsp3) is 0.450. The van der Waals surface area contributed by atoms with Gasteiger partial charge in [0.2, 0.25) is 0 Å². The maximum atomic E-state index is 12.7. The van der Waals surface area contributed by atoms with Crippen molar-refractivity contribution in [1.82, 2.24) is 0 Å². The molecule has 2 heterocycles. The molecule has 1 aromatic heterocycles. The number of rotatable bonds is 6. The van der Waals surface area contributed by atoms with Crippen LogP contribution in [0.1, 0.15) is 36.2 Å². The first-order chi connectivity index (χ1) is 12.3. The Kier molecular flexibility index (Phi) is 4.77. The molecule has 4 rings (SSSR count). The van der Waals surface area contributed by atoms with Crippen LogP contribution in [0.4, 0.5) is 5.69 Å². The molecule has 132 valence electrons. The van der Waals surface area contributed by atoms with Gasteiger partial charge in [-0.25, -0.2) is 0 Å². The lowest BCUT2D eigenvalue weighted by molar-refractivity contribution is -0.928. The van der Waals surface area contributed by atoms with Crippen LogP contribution < -0.4 is 15.0 Å². The van der Waals surface area contributed by atoms with E-state index in [9.17, 15) is 4.79 Å². The SMILES string of the molecule is CCOc1ccccc1NC(=O)C[NH+]1CCc2sccc2[C@@H]1C1CC1. The zero-order chi connectivity index (χ0) is 17.2. The fourth-order valence-corrected chi connectivity index (χ4v) is 4.88. The molecule has 4 nitrogen and oxygen atoms in total. The zero-order valence-corrected chi connectivity index (χ0v) is 15.4. The summed E-state index contributed by atoms with van der Waals surface area (Å²) in [6.07, 6.45) is 3.70. The molecule has 2 aliphatic rings. The monoisotopic (exact) mass is 357 g/mol. The van der Waals surface area contributed by atoms with Crippen LogP contribution in [0.15, 0.2) is 35.7 Å². The molecule has 1 fully saturated rings. The van der Waals surface area contributed by atoms with E-state index in [1.54, 1.807) is 0 Å². The highest BCUT2D eigenvalue weighted by Crippen LogP contribution is 2.42. The van der Waals surface area contributed by atoms with Gasteiger partial charge in [0.1, 0.15) is 11.8 Å². The van der Waals surface area contributed by atoms with Gasteiger partial charge in [-0.2, -0.15) is 0 Å². The first-order valence-electron chi connectivity index (χ1n) is 9.18. The third-order valence-electron chi connectivity index (χ3n) is 5.17. The Labute approximate surface area is 152 Å². The Balaban J connectivity index is 1.46. The number of benzene rings is 1. The molecule has 1 aliphatic heterocycles. The lowest BCUT2D eigenvalue weighted by atomic mass is 9.96. The molecule has 0 spiro atoms. The average Bonchev–Trinajstić information content (AvgIpc) is 3.33. The van der Waals surface area contributed by atoms with Crippen molar-refractivity contribution in [2.75, 3.05) is 25.0 Å². The quantitative estimate of drug-likeness (QED) is 0.835.